The molecule has 0 aliphatic carbocycles. The largest absolute Gasteiger partial charge is 0.399 e. The average molecular weight is 240 g/mol. The number of hydrogen-bond acceptors (Lipinski definition) is 2. The summed E-state index contributed by atoms with van der Waals surface area (Å²) in [5, 5.41) is 2.89. The Morgan fingerprint density at radius 1 is 1.17 bits per heavy atom. The molecule has 2 aromatic rings. The molecular formula is C15H16N2O. The number of nitrogens with one attached hydrogen (secondary N) is 1. The van der Waals surface area contributed by atoms with Crippen LogP contribution in [-0.2, 0) is 6.54 Å². The van der Waals surface area contributed by atoms with Crippen molar-refractivity contribution in [1.82, 2.24) is 5.32 Å². The lowest BCUT2D eigenvalue weighted by molar-refractivity contribution is 0.0950. The second-order valence-electron chi connectivity index (χ2n) is 4.24. The molecule has 0 saturated carbocycles. The Hall–Kier alpha value is -2.29. The molecule has 3 heteroatoms. The van der Waals surface area contributed by atoms with Gasteiger partial charge in [-0.2, -0.15) is 0 Å². The fourth-order valence-electron chi connectivity index (χ4n) is 1.76. The van der Waals surface area contributed by atoms with E-state index in [9.17, 15) is 4.79 Å². The normalized spacial score (nSPS) is 10.1. The minimum Gasteiger partial charge on any atom is -0.399 e. The lowest BCUT2D eigenvalue weighted by atomic mass is 10.1. The molecule has 2 rings (SSSR count). The summed E-state index contributed by atoms with van der Waals surface area (Å²) >= 11 is 0. The molecular weight excluding hydrogens is 224 g/mol. The molecule has 3 N–H and O–H groups in total. The molecule has 0 unspecified atom stereocenters. The van der Waals surface area contributed by atoms with Gasteiger partial charge in [0.25, 0.3) is 5.91 Å². The van der Waals surface area contributed by atoms with Gasteiger partial charge in [-0.3, -0.25) is 4.79 Å². The summed E-state index contributed by atoms with van der Waals surface area (Å²) in [6, 6.07) is 15.2. The molecule has 92 valence electrons. The van der Waals surface area contributed by atoms with Crippen LogP contribution in [0.15, 0.2) is 48.5 Å². The van der Waals surface area contributed by atoms with Crippen LogP contribution in [0.1, 0.15) is 21.5 Å². The minimum atomic E-state index is -0.0938. The number of rotatable bonds is 3. The van der Waals surface area contributed by atoms with Crippen molar-refractivity contribution in [3.8, 4) is 0 Å². The van der Waals surface area contributed by atoms with E-state index in [0.29, 0.717) is 17.8 Å². The Bertz CT molecular complexity index is 550. The van der Waals surface area contributed by atoms with Gasteiger partial charge in [0.2, 0.25) is 0 Å². The van der Waals surface area contributed by atoms with Gasteiger partial charge in [0, 0.05) is 17.8 Å². The van der Waals surface area contributed by atoms with E-state index in [2.05, 4.69) is 5.32 Å². The van der Waals surface area contributed by atoms with Crippen LogP contribution in [0.3, 0.4) is 0 Å². The third-order valence-corrected chi connectivity index (χ3v) is 2.80. The van der Waals surface area contributed by atoms with E-state index in [1.165, 1.54) is 0 Å². The zero-order valence-electron chi connectivity index (χ0n) is 10.3. The number of amides is 1. The molecule has 0 fully saturated rings. The van der Waals surface area contributed by atoms with Crippen LogP contribution in [-0.4, -0.2) is 5.91 Å². The summed E-state index contributed by atoms with van der Waals surface area (Å²) in [5.41, 5.74) is 8.93. The zero-order valence-corrected chi connectivity index (χ0v) is 10.3. The first-order chi connectivity index (χ1) is 8.66. The second kappa shape index (κ2) is 5.36. The standard InChI is InChI=1S/C15H16N2O/c1-11-7-8-13(16)9-14(11)15(18)17-10-12-5-3-2-4-6-12/h2-9H,10,16H2,1H3,(H,17,18). The summed E-state index contributed by atoms with van der Waals surface area (Å²) in [7, 11) is 0. The van der Waals surface area contributed by atoms with Gasteiger partial charge in [-0.1, -0.05) is 36.4 Å². The molecule has 0 spiro atoms. The molecule has 0 aromatic heterocycles. The van der Waals surface area contributed by atoms with E-state index in [1.807, 2.05) is 43.3 Å². The van der Waals surface area contributed by atoms with Crippen molar-refractivity contribution < 1.29 is 4.79 Å². The molecule has 0 saturated heterocycles. The smallest absolute Gasteiger partial charge is 0.251 e. The highest BCUT2D eigenvalue weighted by molar-refractivity contribution is 5.96. The van der Waals surface area contributed by atoms with Gasteiger partial charge in [0.15, 0.2) is 0 Å². The predicted molar refractivity (Wildman–Crippen MR) is 73.2 cm³/mol. The van der Waals surface area contributed by atoms with Crippen molar-refractivity contribution in [1.29, 1.82) is 0 Å². The molecule has 0 atom stereocenters. The highest BCUT2D eigenvalue weighted by Gasteiger charge is 2.08. The van der Waals surface area contributed by atoms with E-state index in [-0.39, 0.29) is 5.91 Å². The van der Waals surface area contributed by atoms with Crippen molar-refractivity contribution in [2.45, 2.75) is 13.5 Å². The van der Waals surface area contributed by atoms with Crippen LogP contribution in [0.2, 0.25) is 0 Å². The van der Waals surface area contributed by atoms with Gasteiger partial charge in [-0.25, -0.2) is 0 Å². The third kappa shape index (κ3) is 2.88. The van der Waals surface area contributed by atoms with Crippen molar-refractivity contribution in [2.24, 2.45) is 0 Å². The highest BCUT2D eigenvalue weighted by atomic mass is 16.1. The summed E-state index contributed by atoms with van der Waals surface area (Å²) in [4.78, 5) is 12.0. The van der Waals surface area contributed by atoms with Crippen LogP contribution in [0.4, 0.5) is 5.69 Å². The number of benzene rings is 2. The van der Waals surface area contributed by atoms with Gasteiger partial charge < -0.3 is 11.1 Å². The molecule has 0 aliphatic heterocycles. The van der Waals surface area contributed by atoms with Crippen molar-refractivity contribution in [3.63, 3.8) is 0 Å². The van der Waals surface area contributed by atoms with Crippen LogP contribution in [0, 0.1) is 6.92 Å². The van der Waals surface area contributed by atoms with Crippen LogP contribution in [0.5, 0.6) is 0 Å². The molecule has 0 heterocycles. The Kier molecular flexibility index (Phi) is 3.63. The molecule has 0 bridgehead atoms. The summed E-state index contributed by atoms with van der Waals surface area (Å²) in [6.07, 6.45) is 0. The monoisotopic (exact) mass is 240 g/mol. The SMILES string of the molecule is Cc1ccc(N)cc1C(=O)NCc1ccccc1. The first kappa shape index (κ1) is 12.2. The van der Waals surface area contributed by atoms with Crippen molar-refractivity contribution >= 4 is 11.6 Å². The number of nitrogen functional groups attached to an aromatic ring is 1. The van der Waals surface area contributed by atoms with Crippen molar-refractivity contribution in [2.75, 3.05) is 5.73 Å². The molecule has 0 radical (unpaired) electrons. The Labute approximate surface area is 107 Å². The summed E-state index contributed by atoms with van der Waals surface area (Å²) in [5.74, 6) is -0.0938. The van der Waals surface area contributed by atoms with E-state index >= 15 is 0 Å². The predicted octanol–water partition coefficient (Wildman–Crippen LogP) is 2.51. The average Bonchev–Trinajstić information content (AvgIpc) is 2.40. The molecule has 18 heavy (non-hydrogen) atoms. The van der Waals surface area contributed by atoms with Crippen LogP contribution in [0.25, 0.3) is 0 Å². The Morgan fingerprint density at radius 2 is 1.89 bits per heavy atom. The molecule has 2 aromatic carbocycles. The lowest BCUT2D eigenvalue weighted by Crippen LogP contribution is -2.23. The third-order valence-electron chi connectivity index (χ3n) is 2.80. The fraction of sp³-hybridized carbons (Fsp3) is 0.133. The molecule has 1 amide bonds. The van der Waals surface area contributed by atoms with E-state index in [1.54, 1.807) is 12.1 Å². The number of nitrogens with two attached hydrogens (primary N) is 1. The van der Waals surface area contributed by atoms with Crippen molar-refractivity contribution in [3.05, 3.63) is 65.2 Å². The highest BCUT2D eigenvalue weighted by Crippen LogP contribution is 2.12. The van der Waals surface area contributed by atoms with E-state index in [4.69, 9.17) is 5.73 Å². The van der Waals surface area contributed by atoms with Gasteiger partial charge in [0.05, 0.1) is 0 Å². The van der Waals surface area contributed by atoms with Crippen LogP contribution < -0.4 is 11.1 Å². The molecule has 3 nitrogen and oxygen atoms in total. The zero-order chi connectivity index (χ0) is 13.0. The fourth-order valence-corrected chi connectivity index (χ4v) is 1.76. The van der Waals surface area contributed by atoms with E-state index in [0.717, 1.165) is 11.1 Å². The van der Waals surface area contributed by atoms with Gasteiger partial charge in [-0.15, -0.1) is 0 Å². The van der Waals surface area contributed by atoms with E-state index < -0.39 is 0 Å². The second-order valence-corrected chi connectivity index (χ2v) is 4.24. The molecule has 0 aliphatic rings. The number of carbonyl (C=O) groups excluding carboxylic acids is 1. The number of anilines is 1. The number of carbonyl (C=O) groups is 1. The Balaban J connectivity index is 2.06. The first-order valence-electron chi connectivity index (χ1n) is 5.85. The number of aryl methyl sites for hydroxylation is 1. The van der Waals surface area contributed by atoms with Crippen LogP contribution >= 0.6 is 0 Å². The van der Waals surface area contributed by atoms with Gasteiger partial charge in [-0.05, 0) is 30.2 Å². The maximum Gasteiger partial charge on any atom is 0.251 e. The quantitative estimate of drug-likeness (QED) is 0.810. The Morgan fingerprint density at radius 3 is 2.61 bits per heavy atom. The van der Waals surface area contributed by atoms with Gasteiger partial charge in [0.1, 0.15) is 0 Å². The summed E-state index contributed by atoms with van der Waals surface area (Å²) < 4.78 is 0. The maximum atomic E-state index is 12.0. The lowest BCUT2D eigenvalue weighted by Gasteiger charge is -2.08. The van der Waals surface area contributed by atoms with Gasteiger partial charge >= 0.3 is 0 Å². The number of hydrogen-bond donors (Lipinski definition) is 2. The summed E-state index contributed by atoms with van der Waals surface area (Å²) in [6.45, 7) is 2.42. The minimum absolute atomic E-state index is 0.0938. The first-order valence-corrected chi connectivity index (χ1v) is 5.85. The maximum absolute atomic E-state index is 12.0. The topological polar surface area (TPSA) is 55.1 Å².